The van der Waals surface area contributed by atoms with E-state index in [0.717, 1.165) is 11.1 Å². The Kier molecular flexibility index (Phi) is 4.79. The maximum absolute atomic E-state index is 12.1. The van der Waals surface area contributed by atoms with Gasteiger partial charge in [0.05, 0.1) is 19.4 Å². The van der Waals surface area contributed by atoms with Gasteiger partial charge in [-0.15, -0.1) is 0 Å². The van der Waals surface area contributed by atoms with Gasteiger partial charge in [0.2, 0.25) is 0 Å². The molecule has 0 aliphatic rings. The molecule has 5 nitrogen and oxygen atoms in total. The number of anilines is 1. The van der Waals surface area contributed by atoms with E-state index in [1.807, 2.05) is 24.3 Å². The first-order valence-electron chi connectivity index (χ1n) is 6.54. The molecule has 0 bridgehead atoms. The van der Waals surface area contributed by atoms with Gasteiger partial charge >= 0.3 is 0 Å². The van der Waals surface area contributed by atoms with Crippen LogP contribution in [-0.2, 0) is 13.2 Å². The largest absolute Gasteiger partial charge is 0.495 e. The average Bonchev–Trinajstić information content (AvgIpc) is 2.53. The van der Waals surface area contributed by atoms with Crippen molar-refractivity contribution in [3.05, 3.63) is 59.2 Å². The molecule has 0 saturated carbocycles. The van der Waals surface area contributed by atoms with Gasteiger partial charge < -0.3 is 20.9 Å². The highest BCUT2D eigenvalue weighted by Gasteiger charge is 2.08. The number of nitrogens with two attached hydrogens (primary N) is 1. The molecule has 2 aromatic carbocycles. The third-order valence-electron chi connectivity index (χ3n) is 3.12. The van der Waals surface area contributed by atoms with E-state index in [0.29, 0.717) is 23.5 Å². The first kappa shape index (κ1) is 14.9. The molecule has 0 aliphatic heterocycles. The van der Waals surface area contributed by atoms with E-state index in [-0.39, 0.29) is 12.5 Å². The molecule has 0 aliphatic carbocycles. The van der Waals surface area contributed by atoms with E-state index in [9.17, 15) is 4.79 Å². The van der Waals surface area contributed by atoms with E-state index < -0.39 is 0 Å². The normalized spacial score (nSPS) is 10.2. The second-order valence-electron chi connectivity index (χ2n) is 4.62. The van der Waals surface area contributed by atoms with Crippen molar-refractivity contribution in [2.45, 2.75) is 13.2 Å². The summed E-state index contributed by atoms with van der Waals surface area (Å²) >= 11 is 0. The Hall–Kier alpha value is -2.53. The molecule has 0 spiro atoms. The van der Waals surface area contributed by atoms with E-state index in [4.69, 9.17) is 15.6 Å². The van der Waals surface area contributed by atoms with Crippen molar-refractivity contribution in [3.63, 3.8) is 0 Å². The van der Waals surface area contributed by atoms with Gasteiger partial charge in [0.15, 0.2) is 0 Å². The van der Waals surface area contributed by atoms with E-state index in [1.54, 1.807) is 18.2 Å². The van der Waals surface area contributed by atoms with E-state index in [2.05, 4.69) is 5.32 Å². The maximum atomic E-state index is 12.1. The molecule has 0 saturated heterocycles. The molecule has 0 aromatic heterocycles. The zero-order valence-electron chi connectivity index (χ0n) is 11.8. The smallest absolute Gasteiger partial charge is 0.251 e. The van der Waals surface area contributed by atoms with Crippen LogP contribution in [0.15, 0.2) is 42.5 Å². The van der Waals surface area contributed by atoms with Gasteiger partial charge in [-0.25, -0.2) is 0 Å². The number of aliphatic hydroxyl groups is 1. The van der Waals surface area contributed by atoms with Crippen molar-refractivity contribution in [2.75, 3.05) is 12.8 Å². The molecular formula is C16H18N2O3. The molecule has 0 fully saturated rings. The van der Waals surface area contributed by atoms with Crippen LogP contribution < -0.4 is 15.8 Å². The molecule has 1 amide bonds. The topological polar surface area (TPSA) is 84.6 Å². The first-order valence-corrected chi connectivity index (χ1v) is 6.54. The zero-order valence-corrected chi connectivity index (χ0v) is 11.8. The second kappa shape index (κ2) is 6.76. The molecule has 0 atom stereocenters. The number of hydrogen-bond donors (Lipinski definition) is 3. The number of hydrogen-bond acceptors (Lipinski definition) is 4. The van der Waals surface area contributed by atoms with Gasteiger partial charge in [-0.3, -0.25) is 4.79 Å². The van der Waals surface area contributed by atoms with Crippen LogP contribution in [0.1, 0.15) is 21.5 Å². The lowest BCUT2D eigenvalue weighted by atomic mass is 10.1. The summed E-state index contributed by atoms with van der Waals surface area (Å²) in [6.07, 6.45) is 0. The minimum absolute atomic E-state index is 0.0169. The monoisotopic (exact) mass is 286 g/mol. The quantitative estimate of drug-likeness (QED) is 0.730. The third kappa shape index (κ3) is 3.73. The number of rotatable bonds is 5. The van der Waals surface area contributed by atoms with Crippen LogP contribution in [0.4, 0.5) is 5.69 Å². The summed E-state index contributed by atoms with van der Waals surface area (Å²) in [7, 11) is 1.51. The highest BCUT2D eigenvalue weighted by molar-refractivity contribution is 5.95. The molecule has 5 heteroatoms. The van der Waals surface area contributed by atoms with Crippen molar-refractivity contribution >= 4 is 11.6 Å². The van der Waals surface area contributed by atoms with Gasteiger partial charge in [-0.1, -0.05) is 24.3 Å². The van der Waals surface area contributed by atoms with Crippen molar-refractivity contribution in [1.82, 2.24) is 5.32 Å². The molecule has 0 unspecified atom stereocenters. The number of nitrogen functional groups attached to an aromatic ring is 1. The summed E-state index contributed by atoms with van der Waals surface area (Å²) in [4.78, 5) is 12.1. The van der Waals surface area contributed by atoms with Crippen molar-refractivity contribution in [1.29, 1.82) is 0 Å². The highest BCUT2D eigenvalue weighted by Crippen LogP contribution is 2.22. The van der Waals surface area contributed by atoms with Crippen LogP contribution in [0.3, 0.4) is 0 Å². The number of nitrogens with one attached hydrogen (secondary N) is 1. The van der Waals surface area contributed by atoms with Crippen molar-refractivity contribution < 1.29 is 14.6 Å². The highest BCUT2D eigenvalue weighted by atomic mass is 16.5. The fraction of sp³-hybridized carbons (Fsp3) is 0.188. The molecule has 2 aromatic rings. The lowest BCUT2D eigenvalue weighted by molar-refractivity contribution is 0.0950. The number of amides is 1. The number of carbonyl (C=O) groups excluding carboxylic acids is 1. The Morgan fingerprint density at radius 2 is 2.00 bits per heavy atom. The van der Waals surface area contributed by atoms with Crippen LogP contribution >= 0.6 is 0 Å². The Morgan fingerprint density at radius 1 is 1.24 bits per heavy atom. The minimum atomic E-state index is -0.206. The number of carbonyl (C=O) groups is 1. The van der Waals surface area contributed by atoms with Crippen molar-refractivity contribution in [3.8, 4) is 5.75 Å². The minimum Gasteiger partial charge on any atom is -0.495 e. The number of aliphatic hydroxyl groups excluding tert-OH is 1. The van der Waals surface area contributed by atoms with Crippen LogP contribution in [0.5, 0.6) is 5.75 Å². The average molecular weight is 286 g/mol. The van der Waals surface area contributed by atoms with Crippen LogP contribution in [0.2, 0.25) is 0 Å². The molecule has 21 heavy (non-hydrogen) atoms. The lowest BCUT2D eigenvalue weighted by Crippen LogP contribution is -2.22. The SMILES string of the molecule is COc1cc(C(=O)NCc2cccc(CO)c2)ccc1N. The number of methoxy groups -OCH3 is 1. The third-order valence-corrected chi connectivity index (χ3v) is 3.12. The summed E-state index contributed by atoms with van der Waals surface area (Å²) in [5.41, 5.74) is 8.44. The fourth-order valence-corrected chi connectivity index (χ4v) is 1.97. The van der Waals surface area contributed by atoms with Gasteiger partial charge in [0.25, 0.3) is 5.91 Å². The zero-order chi connectivity index (χ0) is 15.2. The van der Waals surface area contributed by atoms with E-state index in [1.165, 1.54) is 7.11 Å². The number of ether oxygens (including phenoxy) is 1. The first-order chi connectivity index (χ1) is 10.1. The molecule has 2 rings (SSSR count). The van der Waals surface area contributed by atoms with Crippen molar-refractivity contribution in [2.24, 2.45) is 0 Å². The van der Waals surface area contributed by atoms with Gasteiger partial charge in [-0.2, -0.15) is 0 Å². The summed E-state index contributed by atoms with van der Waals surface area (Å²) < 4.78 is 5.10. The summed E-state index contributed by atoms with van der Waals surface area (Å²) in [5.74, 6) is 0.271. The number of benzene rings is 2. The lowest BCUT2D eigenvalue weighted by Gasteiger charge is -2.09. The molecule has 4 N–H and O–H groups in total. The van der Waals surface area contributed by atoms with Gasteiger partial charge in [0, 0.05) is 12.1 Å². The predicted octanol–water partition coefficient (Wildman–Crippen LogP) is 1.70. The summed E-state index contributed by atoms with van der Waals surface area (Å²) in [6.45, 7) is 0.371. The molecule has 0 radical (unpaired) electrons. The molecular weight excluding hydrogens is 268 g/mol. The standard InChI is InChI=1S/C16H18N2O3/c1-21-15-8-13(5-6-14(15)17)16(20)18-9-11-3-2-4-12(7-11)10-19/h2-8,19H,9-10,17H2,1H3,(H,18,20). The summed E-state index contributed by atoms with van der Waals surface area (Å²) in [6, 6.07) is 12.3. The second-order valence-corrected chi connectivity index (χ2v) is 4.62. The Bertz CT molecular complexity index is 641. The van der Waals surface area contributed by atoms with Gasteiger partial charge in [0.1, 0.15) is 5.75 Å². The van der Waals surface area contributed by atoms with Crippen LogP contribution in [0, 0.1) is 0 Å². The molecule has 0 heterocycles. The summed E-state index contributed by atoms with van der Waals surface area (Å²) in [5, 5.41) is 11.9. The van der Waals surface area contributed by atoms with E-state index >= 15 is 0 Å². The Morgan fingerprint density at radius 3 is 2.71 bits per heavy atom. The Labute approximate surface area is 123 Å². The fourth-order valence-electron chi connectivity index (χ4n) is 1.97. The van der Waals surface area contributed by atoms with Gasteiger partial charge in [-0.05, 0) is 29.3 Å². The molecule has 110 valence electrons. The predicted molar refractivity (Wildman–Crippen MR) is 80.9 cm³/mol. The van der Waals surface area contributed by atoms with Crippen LogP contribution in [-0.4, -0.2) is 18.1 Å². The van der Waals surface area contributed by atoms with Crippen LogP contribution in [0.25, 0.3) is 0 Å². The Balaban J connectivity index is 2.04. The maximum Gasteiger partial charge on any atom is 0.251 e.